The third-order valence-corrected chi connectivity index (χ3v) is 7.80. The van der Waals surface area contributed by atoms with Crippen molar-refractivity contribution in [2.75, 3.05) is 31.1 Å². The maximum Gasteiger partial charge on any atom is 0.416 e. The summed E-state index contributed by atoms with van der Waals surface area (Å²) in [6.45, 7) is 7.68. The molecule has 10 heteroatoms. The quantitative estimate of drug-likeness (QED) is 0.420. The van der Waals surface area contributed by atoms with Gasteiger partial charge in [-0.3, -0.25) is 9.69 Å². The van der Waals surface area contributed by atoms with Crippen molar-refractivity contribution in [1.29, 1.82) is 5.26 Å². The fourth-order valence-corrected chi connectivity index (χ4v) is 5.53. The van der Waals surface area contributed by atoms with Gasteiger partial charge >= 0.3 is 6.18 Å². The normalized spacial score (nSPS) is 15.7. The molecule has 41 heavy (non-hydrogen) atoms. The number of piperazine rings is 1. The Balaban J connectivity index is 1.22. The number of aromatic hydroxyl groups is 2. The zero-order chi connectivity index (χ0) is 29.5. The molecule has 0 aliphatic carbocycles. The molecule has 2 heterocycles. The van der Waals surface area contributed by atoms with Crippen LogP contribution in [0.1, 0.15) is 63.5 Å². The number of nitriles is 1. The third-order valence-electron chi connectivity index (χ3n) is 7.80. The first kappa shape index (κ1) is 28.3. The summed E-state index contributed by atoms with van der Waals surface area (Å²) in [5.74, 6) is -0.595. The molecule has 0 saturated carbocycles. The summed E-state index contributed by atoms with van der Waals surface area (Å²) < 4.78 is 39.9. The second-order valence-corrected chi connectivity index (χ2v) is 11.0. The number of hydrogen-bond donors (Lipinski definition) is 2. The van der Waals surface area contributed by atoms with E-state index in [1.807, 2.05) is 36.9 Å². The van der Waals surface area contributed by atoms with Crippen molar-refractivity contribution in [2.24, 2.45) is 0 Å². The molecule has 3 aromatic carbocycles. The van der Waals surface area contributed by atoms with E-state index in [-0.39, 0.29) is 34.5 Å². The minimum absolute atomic E-state index is 0.0103. The Bertz CT molecular complexity index is 1520. The average molecular weight is 565 g/mol. The summed E-state index contributed by atoms with van der Waals surface area (Å²) >= 11 is 0. The molecule has 2 N–H and O–H groups in total. The number of hydrogen-bond acceptors (Lipinski definition) is 6. The molecule has 3 aromatic rings. The number of phenols is 2. The van der Waals surface area contributed by atoms with Crippen molar-refractivity contribution in [2.45, 2.75) is 45.6 Å². The van der Waals surface area contributed by atoms with E-state index in [1.165, 1.54) is 12.1 Å². The lowest BCUT2D eigenvalue weighted by molar-refractivity contribution is -0.137. The lowest BCUT2D eigenvalue weighted by Gasteiger charge is -2.36. The lowest BCUT2D eigenvalue weighted by Crippen LogP contribution is -2.46. The molecule has 7 nitrogen and oxygen atoms in total. The molecule has 0 atom stereocenters. The van der Waals surface area contributed by atoms with Crippen LogP contribution in [-0.2, 0) is 25.8 Å². The van der Waals surface area contributed by atoms with Gasteiger partial charge in [-0.2, -0.15) is 18.4 Å². The SMILES string of the molecule is CC(C)c1cc(C(=O)N2Cc3ccc(CN4CCN(c5cc(C#N)cc(C(F)(F)F)c5)CC4)cc3C2)c(O)cc1O. The number of amides is 1. The Hall–Kier alpha value is -4.23. The minimum atomic E-state index is -4.52. The first-order chi connectivity index (χ1) is 19.4. The fourth-order valence-electron chi connectivity index (χ4n) is 5.53. The van der Waals surface area contributed by atoms with Crippen molar-refractivity contribution in [3.8, 4) is 17.6 Å². The molecule has 0 radical (unpaired) electrons. The minimum Gasteiger partial charge on any atom is -0.508 e. The van der Waals surface area contributed by atoms with E-state index < -0.39 is 11.7 Å². The average Bonchev–Trinajstić information content (AvgIpc) is 3.36. The van der Waals surface area contributed by atoms with Crippen LogP contribution in [0.2, 0.25) is 0 Å². The molecule has 2 aliphatic heterocycles. The summed E-state index contributed by atoms with van der Waals surface area (Å²) in [6, 6.07) is 14.2. The van der Waals surface area contributed by atoms with Crippen LogP contribution in [0.25, 0.3) is 0 Å². The molecule has 0 bridgehead atoms. The Morgan fingerprint density at radius 2 is 1.66 bits per heavy atom. The molecular formula is C31H31F3N4O3. The van der Waals surface area contributed by atoms with E-state index in [4.69, 9.17) is 0 Å². The number of halogens is 3. The summed E-state index contributed by atoms with van der Waals surface area (Å²) in [5, 5.41) is 29.7. The smallest absolute Gasteiger partial charge is 0.416 e. The van der Waals surface area contributed by atoms with Crippen LogP contribution < -0.4 is 4.90 Å². The van der Waals surface area contributed by atoms with Crippen molar-refractivity contribution in [1.82, 2.24) is 9.80 Å². The van der Waals surface area contributed by atoms with Crippen LogP contribution in [0, 0.1) is 11.3 Å². The number of anilines is 1. The summed E-state index contributed by atoms with van der Waals surface area (Å²) in [6.07, 6.45) is -4.52. The number of phenolic OH excluding ortho intramolecular Hbond substituents is 2. The van der Waals surface area contributed by atoms with Gasteiger partial charge in [0.1, 0.15) is 11.5 Å². The second-order valence-electron chi connectivity index (χ2n) is 11.0. The zero-order valence-corrected chi connectivity index (χ0v) is 22.9. The Morgan fingerprint density at radius 3 is 2.32 bits per heavy atom. The largest absolute Gasteiger partial charge is 0.508 e. The molecule has 5 rings (SSSR count). The van der Waals surface area contributed by atoms with Crippen LogP contribution in [0.15, 0.2) is 48.5 Å². The van der Waals surface area contributed by atoms with Gasteiger partial charge in [0.15, 0.2) is 0 Å². The van der Waals surface area contributed by atoms with E-state index in [1.54, 1.807) is 11.0 Å². The zero-order valence-electron chi connectivity index (χ0n) is 22.9. The summed E-state index contributed by atoms with van der Waals surface area (Å²) in [5.41, 5.74) is 3.48. The Morgan fingerprint density at radius 1 is 0.951 bits per heavy atom. The fraction of sp³-hybridized carbons (Fsp3) is 0.355. The highest BCUT2D eigenvalue weighted by atomic mass is 19.4. The molecular weight excluding hydrogens is 533 g/mol. The number of carbonyl (C=O) groups is 1. The number of fused-ring (bicyclic) bond motifs is 1. The van der Waals surface area contributed by atoms with Crippen molar-refractivity contribution < 1.29 is 28.2 Å². The predicted molar refractivity (Wildman–Crippen MR) is 148 cm³/mol. The highest BCUT2D eigenvalue weighted by molar-refractivity contribution is 5.97. The molecule has 1 amide bonds. The van der Waals surface area contributed by atoms with Gasteiger partial charge in [0, 0.05) is 57.6 Å². The van der Waals surface area contributed by atoms with Gasteiger partial charge < -0.3 is 20.0 Å². The highest BCUT2D eigenvalue weighted by Crippen LogP contribution is 2.35. The van der Waals surface area contributed by atoms with Gasteiger partial charge in [-0.25, -0.2) is 0 Å². The number of rotatable bonds is 5. The lowest BCUT2D eigenvalue weighted by atomic mass is 9.98. The first-order valence-electron chi connectivity index (χ1n) is 13.5. The van der Waals surface area contributed by atoms with Crippen LogP contribution >= 0.6 is 0 Å². The van der Waals surface area contributed by atoms with Gasteiger partial charge in [0.2, 0.25) is 0 Å². The van der Waals surface area contributed by atoms with Gasteiger partial charge in [0.25, 0.3) is 5.91 Å². The third kappa shape index (κ3) is 5.95. The van der Waals surface area contributed by atoms with E-state index in [2.05, 4.69) is 11.0 Å². The van der Waals surface area contributed by atoms with E-state index in [0.717, 1.165) is 28.8 Å². The van der Waals surface area contributed by atoms with Crippen LogP contribution in [-0.4, -0.2) is 52.1 Å². The van der Waals surface area contributed by atoms with E-state index >= 15 is 0 Å². The highest BCUT2D eigenvalue weighted by Gasteiger charge is 2.32. The molecule has 214 valence electrons. The van der Waals surface area contributed by atoms with Gasteiger partial charge in [0.05, 0.1) is 22.8 Å². The predicted octanol–water partition coefficient (Wildman–Crippen LogP) is 5.59. The van der Waals surface area contributed by atoms with Gasteiger partial charge in [-0.1, -0.05) is 32.0 Å². The standard InChI is InChI=1S/C31H31F3N4O3/c1-19(2)26-13-27(29(40)14-28(26)39)30(41)38-17-22-4-3-20(9-23(22)18-38)16-36-5-7-37(8-6-36)25-11-21(15-35)10-24(12-25)31(32,33)34/h3-4,9-14,19,39-40H,5-8,16-18H2,1-2H3. The monoisotopic (exact) mass is 564 g/mol. The molecule has 2 aliphatic rings. The Kier molecular flexibility index (Phi) is 7.58. The van der Waals surface area contributed by atoms with Gasteiger partial charge in [-0.15, -0.1) is 0 Å². The first-order valence-corrected chi connectivity index (χ1v) is 13.5. The Labute approximate surface area is 236 Å². The summed E-state index contributed by atoms with van der Waals surface area (Å²) in [7, 11) is 0. The number of benzene rings is 3. The number of alkyl halides is 3. The maximum absolute atomic E-state index is 13.3. The second kappa shape index (κ2) is 11.0. The van der Waals surface area contributed by atoms with Crippen LogP contribution in [0.4, 0.5) is 18.9 Å². The van der Waals surface area contributed by atoms with Crippen molar-refractivity contribution in [3.05, 3.63) is 87.5 Å². The van der Waals surface area contributed by atoms with Crippen molar-refractivity contribution >= 4 is 11.6 Å². The number of nitrogens with zero attached hydrogens (tertiary/aromatic N) is 4. The molecule has 1 fully saturated rings. The van der Waals surface area contributed by atoms with Crippen molar-refractivity contribution in [3.63, 3.8) is 0 Å². The maximum atomic E-state index is 13.3. The number of carbonyl (C=O) groups excluding carboxylic acids is 1. The van der Waals surface area contributed by atoms with Crippen LogP contribution in [0.5, 0.6) is 11.5 Å². The molecule has 1 saturated heterocycles. The van der Waals surface area contributed by atoms with Crippen LogP contribution in [0.3, 0.4) is 0 Å². The summed E-state index contributed by atoms with van der Waals surface area (Å²) in [4.78, 5) is 19.1. The molecule has 0 unspecified atom stereocenters. The van der Waals surface area contributed by atoms with Gasteiger partial charge in [-0.05, 0) is 52.4 Å². The van der Waals surface area contributed by atoms with E-state index in [9.17, 15) is 33.4 Å². The topological polar surface area (TPSA) is 91.0 Å². The molecule has 0 aromatic heterocycles. The van der Waals surface area contributed by atoms with E-state index in [0.29, 0.717) is 57.1 Å². The molecule has 0 spiro atoms.